The first-order chi connectivity index (χ1) is 8.62. The second-order valence-electron chi connectivity index (χ2n) is 4.93. The minimum Gasteiger partial charge on any atom is -0.210 e. The first-order valence-electron chi connectivity index (χ1n) is 5.70. The SMILES string of the molecule is CC(C)(C)SCCNS(=O)(=O)c1ccc(Cl)c(Cl)c1. The predicted molar refractivity (Wildman–Crippen MR) is 83.9 cm³/mol. The van der Waals surface area contributed by atoms with Crippen molar-refractivity contribution < 1.29 is 8.42 Å². The van der Waals surface area contributed by atoms with Crippen LogP contribution in [0.15, 0.2) is 23.1 Å². The fourth-order valence-corrected chi connectivity index (χ4v) is 3.63. The van der Waals surface area contributed by atoms with E-state index in [1.807, 2.05) is 0 Å². The highest BCUT2D eigenvalue weighted by Crippen LogP contribution is 2.25. The highest BCUT2D eigenvalue weighted by Gasteiger charge is 2.16. The Morgan fingerprint density at radius 2 is 1.84 bits per heavy atom. The van der Waals surface area contributed by atoms with E-state index in [-0.39, 0.29) is 14.7 Å². The van der Waals surface area contributed by atoms with Gasteiger partial charge in [-0.2, -0.15) is 11.8 Å². The van der Waals surface area contributed by atoms with Gasteiger partial charge in [0.05, 0.1) is 14.9 Å². The normalized spacial score (nSPS) is 12.7. The van der Waals surface area contributed by atoms with Gasteiger partial charge in [0.25, 0.3) is 0 Å². The van der Waals surface area contributed by atoms with Crippen LogP contribution in [0.1, 0.15) is 20.8 Å². The quantitative estimate of drug-likeness (QED) is 0.828. The zero-order valence-corrected chi connectivity index (χ0v) is 14.2. The Morgan fingerprint density at radius 3 is 2.37 bits per heavy atom. The van der Waals surface area contributed by atoms with E-state index in [0.29, 0.717) is 17.3 Å². The molecule has 0 fully saturated rings. The number of halogens is 2. The number of nitrogens with one attached hydrogen (secondary N) is 1. The van der Waals surface area contributed by atoms with Gasteiger partial charge in [0.15, 0.2) is 0 Å². The largest absolute Gasteiger partial charge is 0.240 e. The van der Waals surface area contributed by atoms with Gasteiger partial charge in [0, 0.05) is 17.0 Å². The molecule has 1 aromatic carbocycles. The number of thioether (sulfide) groups is 1. The highest BCUT2D eigenvalue weighted by molar-refractivity contribution is 8.00. The smallest absolute Gasteiger partial charge is 0.210 e. The monoisotopic (exact) mass is 341 g/mol. The van der Waals surface area contributed by atoms with Crippen LogP contribution in [0.25, 0.3) is 0 Å². The molecule has 0 atom stereocenters. The minimum absolute atomic E-state index is 0.120. The van der Waals surface area contributed by atoms with Crippen molar-refractivity contribution in [2.45, 2.75) is 30.4 Å². The Hall–Kier alpha value is 0.0600. The molecule has 0 saturated carbocycles. The van der Waals surface area contributed by atoms with E-state index >= 15 is 0 Å². The fraction of sp³-hybridized carbons (Fsp3) is 0.500. The van der Waals surface area contributed by atoms with Crippen molar-refractivity contribution in [3.63, 3.8) is 0 Å². The number of benzene rings is 1. The van der Waals surface area contributed by atoms with E-state index in [2.05, 4.69) is 25.5 Å². The molecule has 108 valence electrons. The van der Waals surface area contributed by atoms with Crippen LogP contribution >= 0.6 is 35.0 Å². The van der Waals surface area contributed by atoms with Crippen molar-refractivity contribution in [3.05, 3.63) is 28.2 Å². The Labute approximate surface area is 129 Å². The lowest BCUT2D eigenvalue weighted by Gasteiger charge is -2.17. The van der Waals surface area contributed by atoms with Gasteiger partial charge in [-0.1, -0.05) is 44.0 Å². The van der Waals surface area contributed by atoms with E-state index in [1.165, 1.54) is 18.2 Å². The maximum absolute atomic E-state index is 12.0. The second-order valence-corrected chi connectivity index (χ2v) is 9.44. The summed E-state index contributed by atoms with van der Waals surface area (Å²) in [6.45, 7) is 6.64. The zero-order chi connectivity index (χ0) is 14.7. The van der Waals surface area contributed by atoms with Crippen molar-refractivity contribution in [2.75, 3.05) is 12.3 Å². The fourth-order valence-electron chi connectivity index (χ4n) is 1.26. The lowest BCUT2D eigenvalue weighted by atomic mass is 10.3. The highest BCUT2D eigenvalue weighted by atomic mass is 35.5. The van der Waals surface area contributed by atoms with Gasteiger partial charge in [-0.05, 0) is 18.2 Å². The van der Waals surface area contributed by atoms with Crippen LogP contribution in [-0.2, 0) is 10.0 Å². The Morgan fingerprint density at radius 1 is 1.21 bits per heavy atom. The average Bonchev–Trinajstić information content (AvgIpc) is 2.27. The van der Waals surface area contributed by atoms with Crippen LogP contribution < -0.4 is 4.72 Å². The van der Waals surface area contributed by atoms with E-state index in [0.717, 1.165) is 0 Å². The molecule has 3 nitrogen and oxygen atoms in total. The van der Waals surface area contributed by atoms with Crippen molar-refractivity contribution in [1.82, 2.24) is 4.72 Å². The minimum atomic E-state index is -3.52. The van der Waals surface area contributed by atoms with Gasteiger partial charge in [-0.3, -0.25) is 0 Å². The summed E-state index contributed by atoms with van der Waals surface area (Å²) < 4.78 is 26.7. The lowest BCUT2D eigenvalue weighted by Crippen LogP contribution is -2.27. The average molecular weight is 342 g/mol. The van der Waals surface area contributed by atoms with Crippen LogP contribution in [0, 0.1) is 0 Å². The van der Waals surface area contributed by atoms with Crippen LogP contribution in [0.4, 0.5) is 0 Å². The topological polar surface area (TPSA) is 46.2 Å². The first-order valence-corrected chi connectivity index (χ1v) is 8.93. The van der Waals surface area contributed by atoms with Crippen molar-refractivity contribution in [3.8, 4) is 0 Å². The van der Waals surface area contributed by atoms with Crippen molar-refractivity contribution in [2.24, 2.45) is 0 Å². The Balaban J connectivity index is 2.63. The van der Waals surface area contributed by atoms with E-state index in [1.54, 1.807) is 11.8 Å². The molecule has 0 amide bonds. The van der Waals surface area contributed by atoms with Gasteiger partial charge >= 0.3 is 0 Å². The summed E-state index contributed by atoms with van der Waals surface area (Å²) in [6, 6.07) is 4.26. The molecule has 0 aromatic heterocycles. The standard InChI is InChI=1S/C12H17Cl2NO2S2/c1-12(2,3)18-7-6-15-19(16,17)9-4-5-10(13)11(14)8-9/h4-5,8,15H,6-7H2,1-3H3. The van der Waals surface area contributed by atoms with Crippen LogP contribution in [0.3, 0.4) is 0 Å². The summed E-state index contributed by atoms with van der Waals surface area (Å²) in [4.78, 5) is 0.127. The number of hydrogen-bond acceptors (Lipinski definition) is 3. The third kappa shape index (κ3) is 5.92. The number of sulfonamides is 1. The Kier molecular flexibility index (Phi) is 6.01. The summed E-state index contributed by atoms with van der Waals surface area (Å²) in [6.07, 6.45) is 0. The summed E-state index contributed by atoms with van der Waals surface area (Å²) >= 11 is 13.3. The number of rotatable bonds is 5. The molecule has 0 saturated heterocycles. The van der Waals surface area contributed by atoms with Gasteiger partial charge in [0.2, 0.25) is 10.0 Å². The maximum atomic E-state index is 12.0. The molecule has 0 heterocycles. The van der Waals surface area contributed by atoms with Crippen LogP contribution in [-0.4, -0.2) is 25.5 Å². The molecular formula is C12H17Cl2NO2S2. The molecule has 7 heteroatoms. The predicted octanol–water partition coefficient (Wildman–Crippen LogP) is 3.80. The summed E-state index contributed by atoms with van der Waals surface area (Å²) in [7, 11) is -3.52. The van der Waals surface area contributed by atoms with E-state index in [9.17, 15) is 8.42 Å². The Bertz CT molecular complexity index is 539. The van der Waals surface area contributed by atoms with Gasteiger partial charge in [-0.25, -0.2) is 13.1 Å². The molecule has 1 aromatic rings. The van der Waals surface area contributed by atoms with Crippen LogP contribution in [0.2, 0.25) is 10.0 Å². The van der Waals surface area contributed by atoms with Gasteiger partial charge in [-0.15, -0.1) is 0 Å². The molecule has 0 aliphatic heterocycles. The molecule has 0 aliphatic rings. The molecule has 0 unspecified atom stereocenters. The van der Waals surface area contributed by atoms with Gasteiger partial charge in [0.1, 0.15) is 0 Å². The number of hydrogen-bond donors (Lipinski definition) is 1. The third-order valence-corrected chi connectivity index (χ3v) is 5.60. The summed E-state index contributed by atoms with van der Waals surface area (Å²) in [5, 5.41) is 0.567. The molecular weight excluding hydrogens is 325 g/mol. The third-order valence-electron chi connectivity index (χ3n) is 2.13. The molecule has 0 aliphatic carbocycles. The second kappa shape index (κ2) is 6.68. The molecule has 1 N–H and O–H groups in total. The summed E-state index contributed by atoms with van der Waals surface area (Å²) in [5.41, 5.74) is 0. The first kappa shape index (κ1) is 17.1. The van der Waals surface area contributed by atoms with E-state index < -0.39 is 10.0 Å². The molecule has 1 rings (SSSR count). The zero-order valence-electron chi connectivity index (χ0n) is 11.0. The van der Waals surface area contributed by atoms with Crippen molar-refractivity contribution >= 4 is 45.0 Å². The van der Waals surface area contributed by atoms with Crippen molar-refractivity contribution in [1.29, 1.82) is 0 Å². The lowest BCUT2D eigenvalue weighted by molar-refractivity contribution is 0.584. The van der Waals surface area contributed by atoms with Gasteiger partial charge < -0.3 is 0 Å². The maximum Gasteiger partial charge on any atom is 0.240 e. The summed E-state index contributed by atoms with van der Waals surface area (Å²) in [5.74, 6) is 0.712. The van der Waals surface area contributed by atoms with E-state index in [4.69, 9.17) is 23.2 Å². The molecule has 0 radical (unpaired) electrons. The molecule has 0 bridgehead atoms. The molecule has 0 spiro atoms. The van der Waals surface area contributed by atoms with Crippen LogP contribution in [0.5, 0.6) is 0 Å². The molecule has 19 heavy (non-hydrogen) atoms.